The number of benzene rings is 2. The fourth-order valence-electron chi connectivity index (χ4n) is 9.21. The quantitative estimate of drug-likeness (QED) is 0.141. The van der Waals surface area contributed by atoms with Crippen LogP contribution in [-0.2, 0) is 49.9 Å². The van der Waals surface area contributed by atoms with Crippen LogP contribution in [0.5, 0.6) is 0 Å². The molecule has 6 aromatic rings. The minimum atomic E-state index is -0.630. The largest absolute Gasteiger partial charge is 0.481 e. The summed E-state index contributed by atoms with van der Waals surface area (Å²) in [7, 11) is 3.60. The average molecular weight is 957 g/mol. The number of carbonyl (C=O) groups excluding carboxylic acids is 1. The lowest BCUT2D eigenvalue weighted by atomic mass is 9.97. The lowest BCUT2D eigenvalue weighted by Crippen LogP contribution is -2.48. The SMILES string of the molecule is C.Cn1c(=O)n(CC(C)(C)C)c2ccc(-c3cccc(CN4CCN(C(=O)C5CC5)CC4)c3)nc21.Cn1c(=O)n(CC(C)(C)C)c2ccc(-c3cccc(CN4CCNCC4)c3)nc21.O=C(O)C1CC1. The van der Waals surface area contributed by atoms with Crippen LogP contribution in [0.3, 0.4) is 0 Å². The molecule has 2 saturated carbocycles. The molecule has 1 amide bonds. The van der Waals surface area contributed by atoms with Gasteiger partial charge in [0.05, 0.1) is 28.3 Å². The van der Waals surface area contributed by atoms with Crippen LogP contribution < -0.4 is 16.7 Å². The molecule has 0 bridgehead atoms. The maximum absolute atomic E-state index is 12.9. The highest BCUT2D eigenvalue weighted by Gasteiger charge is 2.34. The van der Waals surface area contributed by atoms with Crippen LogP contribution in [0.25, 0.3) is 44.8 Å². The molecule has 0 radical (unpaired) electrons. The number of rotatable bonds is 10. The van der Waals surface area contributed by atoms with E-state index in [-0.39, 0.29) is 35.6 Å². The van der Waals surface area contributed by atoms with Crippen molar-refractivity contribution in [3.63, 3.8) is 0 Å². The first kappa shape index (κ1) is 51.9. The van der Waals surface area contributed by atoms with Crippen molar-refractivity contribution in [2.75, 3.05) is 52.4 Å². The number of nitrogens with zero attached hydrogens (tertiary/aromatic N) is 9. The summed E-state index contributed by atoms with van der Waals surface area (Å²) in [6.45, 7) is 23.7. The Hall–Kier alpha value is -5.90. The van der Waals surface area contributed by atoms with Gasteiger partial charge in [0.25, 0.3) is 0 Å². The molecular weight excluding hydrogens is 881 g/mol. The van der Waals surface area contributed by atoms with Crippen molar-refractivity contribution in [3.8, 4) is 22.5 Å². The normalized spacial score (nSPS) is 16.8. The van der Waals surface area contributed by atoms with Crippen molar-refractivity contribution in [1.82, 2.24) is 48.3 Å². The molecule has 0 spiro atoms. The van der Waals surface area contributed by atoms with E-state index in [0.717, 1.165) is 130 Å². The van der Waals surface area contributed by atoms with E-state index in [1.807, 2.05) is 38.3 Å². The molecule has 2 aliphatic heterocycles. The molecule has 376 valence electrons. The number of aryl methyl sites for hydroxylation is 2. The van der Waals surface area contributed by atoms with Gasteiger partial charge in [0, 0.05) is 110 Å². The third-order valence-corrected chi connectivity index (χ3v) is 13.2. The molecule has 2 N–H and O–H groups in total. The molecule has 4 aliphatic rings. The Kier molecular flexibility index (Phi) is 16.0. The summed E-state index contributed by atoms with van der Waals surface area (Å²) < 4.78 is 6.98. The van der Waals surface area contributed by atoms with Crippen LogP contribution in [0.15, 0.2) is 82.4 Å². The first-order chi connectivity index (χ1) is 32.8. The van der Waals surface area contributed by atoms with Crippen LogP contribution in [0, 0.1) is 22.7 Å². The number of piperazine rings is 2. The number of amides is 1. The summed E-state index contributed by atoms with van der Waals surface area (Å²) in [5.74, 6) is 0.0479. The maximum atomic E-state index is 12.9. The number of hydrogen-bond donors (Lipinski definition) is 2. The highest BCUT2D eigenvalue weighted by molar-refractivity contribution is 5.81. The third-order valence-electron chi connectivity index (χ3n) is 13.2. The number of hydrogen-bond acceptors (Lipinski definition) is 9. The van der Waals surface area contributed by atoms with Crippen molar-refractivity contribution in [2.45, 2.75) is 101 Å². The van der Waals surface area contributed by atoms with Crippen molar-refractivity contribution in [3.05, 3.63) is 105 Å². The van der Waals surface area contributed by atoms with E-state index < -0.39 is 5.97 Å². The Balaban J connectivity index is 0.000000183. The fourth-order valence-corrected chi connectivity index (χ4v) is 9.21. The van der Waals surface area contributed by atoms with E-state index in [2.05, 4.69) is 105 Å². The number of pyridine rings is 2. The summed E-state index contributed by atoms with van der Waals surface area (Å²) >= 11 is 0. The summed E-state index contributed by atoms with van der Waals surface area (Å²) in [6, 6.07) is 25.2. The summed E-state index contributed by atoms with van der Waals surface area (Å²) in [6.07, 6.45) is 3.94. The molecule has 15 heteroatoms. The second kappa shape index (κ2) is 21.6. The Morgan fingerprint density at radius 3 is 1.43 bits per heavy atom. The van der Waals surface area contributed by atoms with E-state index in [0.29, 0.717) is 30.6 Å². The Morgan fingerprint density at radius 1 is 0.614 bits per heavy atom. The smallest absolute Gasteiger partial charge is 0.330 e. The first-order valence-electron chi connectivity index (χ1n) is 24.8. The van der Waals surface area contributed by atoms with Gasteiger partial charge in [-0.05, 0) is 84.0 Å². The molecule has 2 aromatic carbocycles. The van der Waals surface area contributed by atoms with Gasteiger partial charge in [0.1, 0.15) is 0 Å². The highest BCUT2D eigenvalue weighted by Crippen LogP contribution is 2.32. The molecule has 10 rings (SSSR count). The summed E-state index contributed by atoms with van der Waals surface area (Å²) in [4.78, 5) is 64.4. The maximum Gasteiger partial charge on any atom is 0.330 e. The van der Waals surface area contributed by atoms with Gasteiger partial charge in [-0.3, -0.25) is 37.7 Å². The predicted octanol–water partition coefficient (Wildman–Crippen LogP) is 7.47. The molecule has 70 heavy (non-hydrogen) atoms. The van der Waals surface area contributed by atoms with Gasteiger partial charge < -0.3 is 15.3 Å². The zero-order valence-electron chi connectivity index (χ0n) is 42.0. The average Bonchev–Trinajstić information content (AvgIpc) is 4.27. The van der Waals surface area contributed by atoms with Gasteiger partial charge in [-0.2, -0.15) is 0 Å². The fraction of sp³-hybridized carbons (Fsp3) is 0.527. The minimum Gasteiger partial charge on any atom is -0.481 e. The molecular formula is C55H76N10O5. The highest BCUT2D eigenvalue weighted by atomic mass is 16.4. The summed E-state index contributed by atoms with van der Waals surface area (Å²) in [5, 5.41) is 11.5. The number of nitrogens with one attached hydrogen (secondary N) is 1. The van der Waals surface area contributed by atoms with Crippen molar-refractivity contribution >= 4 is 34.2 Å². The van der Waals surface area contributed by atoms with Gasteiger partial charge in [-0.25, -0.2) is 19.6 Å². The van der Waals surface area contributed by atoms with Crippen molar-refractivity contribution in [2.24, 2.45) is 36.8 Å². The molecule has 2 aliphatic carbocycles. The topological polar surface area (TPSA) is 156 Å². The Labute approximate surface area is 413 Å². The third kappa shape index (κ3) is 12.9. The van der Waals surface area contributed by atoms with Crippen LogP contribution in [0.2, 0.25) is 0 Å². The van der Waals surface area contributed by atoms with E-state index >= 15 is 0 Å². The number of carboxylic acids is 1. The lowest BCUT2D eigenvalue weighted by molar-refractivity contribution is -0.138. The van der Waals surface area contributed by atoms with E-state index in [1.165, 1.54) is 11.1 Å². The van der Waals surface area contributed by atoms with E-state index in [1.54, 1.807) is 23.2 Å². The minimum absolute atomic E-state index is 0. The van der Waals surface area contributed by atoms with Gasteiger partial charge >= 0.3 is 17.3 Å². The van der Waals surface area contributed by atoms with E-state index in [9.17, 15) is 19.2 Å². The molecule has 4 fully saturated rings. The number of aromatic nitrogens is 6. The Bertz CT molecular complexity index is 2910. The molecule has 2 saturated heterocycles. The number of aliphatic carboxylic acids is 1. The second-order valence-electron chi connectivity index (χ2n) is 22.0. The molecule has 6 heterocycles. The van der Waals surface area contributed by atoms with Crippen LogP contribution in [-0.4, -0.2) is 112 Å². The molecule has 0 unspecified atom stereocenters. The Morgan fingerprint density at radius 2 is 1.04 bits per heavy atom. The molecule has 15 nitrogen and oxygen atoms in total. The van der Waals surface area contributed by atoms with Crippen LogP contribution in [0.4, 0.5) is 0 Å². The summed E-state index contributed by atoms with van der Waals surface area (Å²) in [5.41, 5.74) is 9.68. The van der Waals surface area contributed by atoms with Crippen LogP contribution in [0.1, 0.15) is 85.8 Å². The standard InChI is InChI=1S/C27H35N5O2.C23H31N5O.C4H6O2.CH4/c1-27(2,3)18-32-23-11-10-22(28-24(23)29(4)26(32)34)21-7-5-6-19(16-21)17-30-12-14-31(15-13-30)25(33)20-8-9-20;1-23(2,3)16-28-20-9-8-19(25-21(20)26(4)22(28)29)18-7-5-6-17(14-18)15-27-12-10-24-11-13-27;5-4(6)3-1-2-3;/h5-7,10-11,16,20H,8-9,12-15,17-18H2,1-4H3;5-9,14,24H,10-13,15-16H2,1-4H3;3H,1-2H2,(H,5,6);1H4. The molecule has 0 atom stereocenters. The number of carbonyl (C=O) groups is 2. The zero-order valence-corrected chi connectivity index (χ0v) is 42.0. The second-order valence-corrected chi connectivity index (χ2v) is 22.0. The van der Waals surface area contributed by atoms with Gasteiger partial charge in [0.2, 0.25) is 5.91 Å². The van der Waals surface area contributed by atoms with Crippen LogP contribution >= 0.6 is 0 Å². The number of imidazole rings is 2. The zero-order chi connectivity index (χ0) is 49.2. The van der Waals surface area contributed by atoms with Crippen molar-refractivity contribution < 1.29 is 14.7 Å². The number of fused-ring (bicyclic) bond motifs is 2. The van der Waals surface area contributed by atoms with E-state index in [4.69, 9.17) is 15.1 Å². The lowest BCUT2D eigenvalue weighted by Gasteiger charge is -2.35. The molecule has 4 aromatic heterocycles. The van der Waals surface area contributed by atoms with Crippen molar-refractivity contribution in [1.29, 1.82) is 0 Å². The van der Waals surface area contributed by atoms with Gasteiger partial charge in [0.15, 0.2) is 11.3 Å². The first-order valence-corrected chi connectivity index (χ1v) is 24.8. The van der Waals surface area contributed by atoms with Gasteiger partial charge in [-0.15, -0.1) is 0 Å². The number of carboxylic acid groups (broad SMARTS) is 1. The van der Waals surface area contributed by atoms with Gasteiger partial charge in [-0.1, -0.05) is 85.4 Å². The monoisotopic (exact) mass is 957 g/mol. The predicted molar refractivity (Wildman–Crippen MR) is 280 cm³/mol.